The fourth-order valence-corrected chi connectivity index (χ4v) is 1.87. The Hall–Kier alpha value is -0.801. The predicted octanol–water partition coefficient (Wildman–Crippen LogP) is 1.38. The zero-order valence-electron chi connectivity index (χ0n) is 11.7. The van der Waals surface area contributed by atoms with E-state index in [9.17, 15) is 0 Å². The molecular weight excluding hydrogens is 370 g/mol. The monoisotopic (exact) mass is 392 g/mol. The van der Waals surface area contributed by atoms with Crippen LogP contribution in [0.2, 0.25) is 0 Å². The first-order valence-electron chi connectivity index (χ1n) is 5.70. The maximum atomic E-state index is 5.36. The first-order chi connectivity index (χ1) is 8.60. The topological polar surface area (TPSA) is 76.8 Å². The average molecular weight is 390 g/mol. The Kier molecular flexibility index (Phi) is 8.03. The van der Waals surface area contributed by atoms with E-state index in [-0.39, 0.29) is 5.54 Å². The molecule has 0 atom stereocenters. The van der Waals surface area contributed by atoms with Gasteiger partial charge in [0.25, 0.3) is 0 Å². The van der Waals surface area contributed by atoms with Gasteiger partial charge in [0.2, 0.25) is 0 Å². The van der Waals surface area contributed by atoms with Gasteiger partial charge in [-0.1, -0.05) is 0 Å². The zero-order valence-corrected chi connectivity index (χ0v) is 15.1. The summed E-state index contributed by atoms with van der Waals surface area (Å²) in [5, 5.41) is 0. The van der Waals surface area contributed by atoms with Crippen molar-refractivity contribution in [3.8, 4) is 0 Å². The molecule has 4 N–H and O–H groups in total. The van der Waals surface area contributed by atoms with Gasteiger partial charge < -0.3 is 0 Å². The molecule has 0 saturated heterocycles. The standard InChI is InChI=1S/C8H9N2Se.C5H11N2Se/c1-6-2-4-7(5-3-6)10-8(9)11;1-5(2,3)7-4(6)8/h2-5H,1H3,(H2,9,10);1-3H3,(H2,6,7). The van der Waals surface area contributed by atoms with E-state index in [0.717, 1.165) is 5.69 Å². The molecule has 1 rings (SSSR count). The van der Waals surface area contributed by atoms with Crippen LogP contribution in [-0.2, 0) is 0 Å². The minimum atomic E-state index is -0.0463. The fraction of sp³-hybridized carbons (Fsp3) is 0.385. The van der Waals surface area contributed by atoms with Gasteiger partial charge in [0.1, 0.15) is 0 Å². The second kappa shape index (κ2) is 8.39. The number of hydrogen-bond acceptors (Lipinski definition) is 2. The van der Waals surface area contributed by atoms with E-state index in [0.29, 0.717) is 9.47 Å². The second-order valence-electron chi connectivity index (χ2n) is 4.91. The minimum absolute atomic E-state index is 0.0463. The van der Waals surface area contributed by atoms with Crippen LogP contribution in [0.15, 0.2) is 34.3 Å². The first-order valence-corrected chi connectivity index (χ1v) is 7.41. The van der Waals surface area contributed by atoms with Crippen LogP contribution in [0.5, 0.6) is 0 Å². The fourth-order valence-electron chi connectivity index (χ4n) is 1.08. The summed E-state index contributed by atoms with van der Waals surface area (Å²) in [4.78, 5) is 8.09. The number of benzene rings is 1. The number of aryl methyl sites for hydroxylation is 1. The van der Waals surface area contributed by atoms with Crippen LogP contribution < -0.4 is 11.5 Å². The Morgan fingerprint density at radius 2 is 1.47 bits per heavy atom. The van der Waals surface area contributed by atoms with Gasteiger partial charge in [-0.15, -0.1) is 0 Å². The molecule has 0 amide bonds. The summed E-state index contributed by atoms with van der Waals surface area (Å²) < 4.78 is 0.992. The van der Waals surface area contributed by atoms with E-state index in [1.54, 1.807) is 0 Å². The molecular formula is C13H20N4Se2. The van der Waals surface area contributed by atoms with Crippen LogP contribution >= 0.6 is 0 Å². The third-order valence-electron chi connectivity index (χ3n) is 1.72. The van der Waals surface area contributed by atoms with Gasteiger partial charge >= 0.3 is 132 Å². The van der Waals surface area contributed by atoms with Crippen molar-refractivity contribution in [1.82, 2.24) is 0 Å². The van der Waals surface area contributed by atoms with Crippen molar-refractivity contribution < 1.29 is 0 Å². The number of aliphatic imine (C=N–C) groups is 2. The zero-order chi connectivity index (χ0) is 15.1. The van der Waals surface area contributed by atoms with Crippen LogP contribution in [0.1, 0.15) is 26.3 Å². The molecule has 1 aromatic carbocycles. The molecule has 19 heavy (non-hydrogen) atoms. The van der Waals surface area contributed by atoms with Gasteiger partial charge in [-0.05, 0) is 0 Å². The third kappa shape index (κ3) is 12.0. The SMILES string of the molecule is CC(C)(C)N=C(N)[Se].Cc1ccc(N=C(N)[Se])cc1. The Morgan fingerprint density at radius 1 is 1.00 bits per heavy atom. The summed E-state index contributed by atoms with van der Waals surface area (Å²) in [5.41, 5.74) is 12.7. The molecule has 0 bridgehead atoms. The summed E-state index contributed by atoms with van der Waals surface area (Å²) >= 11 is 5.26. The van der Waals surface area contributed by atoms with E-state index in [2.05, 4.69) is 42.0 Å². The van der Waals surface area contributed by atoms with E-state index in [4.69, 9.17) is 11.5 Å². The van der Waals surface area contributed by atoms with Gasteiger partial charge in [-0.25, -0.2) is 0 Å². The molecule has 0 aliphatic heterocycles. The summed E-state index contributed by atoms with van der Waals surface area (Å²) in [6, 6.07) is 7.86. The summed E-state index contributed by atoms with van der Waals surface area (Å²) in [5.74, 6) is 0. The molecule has 4 nitrogen and oxygen atoms in total. The number of hydrogen-bond donors (Lipinski definition) is 2. The molecule has 1 aromatic rings. The number of rotatable bonds is 1. The van der Waals surface area contributed by atoms with Crippen LogP contribution in [-0.4, -0.2) is 47.0 Å². The van der Waals surface area contributed by atoms with Crippen molar-refractivity contribution in [2.75, 3.05) is 0 Å². The van der Waals surface area contributed by atoms with Crippen molar-refractivity contribution in [3.63, 3.8) is 0 Å². The molecule has 0 heterocycles. The number of nitrogens with two attached hydrogens (primary N) is 2. The molecule has 6 heteroatoms. The van der Waals surface area contributed by atoms with E-state index in [1.807, 2.05) is 52.0 Å². The van der Waals surface area contributed by atoms with Crippen molar-refractivity contribution in [1.29, 1.82) is 0 Å². The van der Waals surface area contributed by atoms with Gasteiger partial charge in [0, 0.05) is 0 Å². The number of amidine groups is 2. The molecule has 0 fully saturated rings. The van der Waals surface area contributed by atoms with Crippen molar-refractivity contribution in [3.05, 3.63) is 29.8 Å². The molecule has 0 aromatic heterocycles. The summed E-state index contributed by atoms with van der Waals surface area (Å²) in [6.45, 7) is 8.03. The van der Waals surface area contributed by atoms with Crippen molar-refractivity contribution >= 4 is 47.2 Å². The molecule has 104 valence electrons. The van der Waals surface area contributed by atoms with E-state index >= 15 is 0 Å². The summed E-state index contributed by atoms with van der Waals surface area (Å²) in [6.07, 6.45) is 0. The van der Waals surface area contributed by atoms with Gasteiger partial charge in [0.05, 0.1) is 0 Å². The molecule has 0 aliphatic rings. The van der Waals surface area contributed by atoms with Crippen LogP contribution in [0.4, 0.5) is 5.69 Å². The molecule has 0 unspecified atom stereocenters. The first kappa shape index (κ1) is 18.2. The predicted molar refractivity (Wildman–Crippen MR) is 85.3 cm³/mol. The van der Waals surface area contributed by atoms with Crippen molar-refractivity contribution in [2.24, 2.45) is 21.5 Å². The van der Waals surface area contributed by atoms with Crippen LogP contribution in [0.3, 0.4) is 0 Å². The Balaban J connectivity index is 0.000000362. The normalized spacial score (nSPS) is 12.6. The molecule has 0 spiro atoms. The van der Waals surface area contributed by atoms with E-state index < -0.39 is 0 Å². The molecule has 0 saturated carbocycles. The van der Waals surface area contributed by atoms with E-state index in [1.165, 1.54) is 5.56 Å². The van der Waals surface area contributed by atoms with Crippen molar-refractivity contribution in [2.45, 2.75) is 33.2 Å². The summed E-state index contributed by atoms with van der Waals surface area (Å²) in [7, 11) is 0. The third-order valence-corrected chi connectivity index (χ3v) is 2.10. The van der Waals surface area contributed by atoms with Gasteiger partial charge in [-0.3, -0.25) is 0 Å². The number of nitrogens with zero attached hydrogens (tertiary/aromatic N) is 2. The Labute approximate surface area is 131 Å². The van der Waals surface area contributed by atoms with Crippen LogP contribution in [0.25, 0.3) is 0 Å². The average Bonchev–Trinajstić information content (AvgIpc) is 2.18. The van der Waals surface area contributed by atoms with Crippen LogP contribution in [0, 0.1) is 6.92 Å². The van der Waals surface area contributed by atoms with Gasteiger partial charge in [-0.2, -0.15) is 0 Å². The quantitative estimate of drug-likeness (QED) is 0.432. The molecule has 0 aliphatic carbocycles. The van der Waals surface area contributed by atoms with Gasteiger partial charge in [0.15, 0.2) is 0 Å². The Bertz CT molecular complexity index is 437. The maximum absolute atomic E-state index is 5.36. The molecule has 2 radical (unpaired) electrons. The Morgan fingerprint density at radius 3 is 1.74 bits per heavy atom. The second-order valence-corrected chi connectivity index (χ2v) is 6.66.